The third-order valence-corrected chi connectivity index (χ3v) is 1.56. The maximum absolute atomic E-state index is 5.68. The van der Waals surface area contributed by atoms with Gasteiger partial charge in [-0.15, -0.1) is 0 Å². The lowest BCUT2D eigenvalue weighted by Gasteiger charge is -2.07. The van der Waals surface area contributed by atoms with Crippen molar-refractivity contribution in [1.82, 2.24) is 0 Å². The standard InChI is InChI=1S/C9H12N2/c1-6(2)9-7(10)4-3-5-8(9)11/h3-5H,1,10-11H2,2H3. The van der Waals surface area contributed by atoms with Gasteiger partial charge >= 0.3 is 0 Å². The van der Waals surface area contributed by atoms with E-state index in [9.17, 15) is 0 Å². The first-order chi connectivity index (χ1) is 5.13. The Morgan fingerprint density at radius 1 is 1.27 bits per heavy atom. The molecule has 0 unspecified atom stereocenters. The molecule has 1 aromatic rings. The minimum absolute atomic E-state index is 0.692. The van der Waals surface area contributed by atoms with Gasteiger partial charge in [-0.2, -0.15) is 0 Å². The van der Waals surface area contributed by atoms with Crippen LogP contribution in [0.1, 0.15) is 12.5 Å². The number of nitrogen functional groups attached to an aromatic ring is 2. The molecule has 2 heteroatoms. The summed E-state index contributed by atoms with van der Waals surface area (Å²) < 4.78 is 0. The predicted molar refractivity (Wildman–Crippen MR) is 50.0 cm³/mol. The summed E-state index contributed by atoms with van der Waals surface area (Å²) in [6, 6.07) is 5.47. The molecule has 0 aliphatic carbocycles. The molecule has 0 aromatic heterocycles. The molecule has 58 valence electrons. The van der Waals surface area contributed by atoms with Crippen molar-refractivity contribution in [3.05, 3.63) is 30.3 Å². The molecule has 0 heterocycles. The molecular weight excluding hydrogens is 136 g/mol. The molecule has 11 heavy (non-hydrogen) atoms. The Hall–Kier alpha value is -1.44. The van der Waals surface area contributed by atoms with E-state index >= 15 is 0 Å². The summed E-state index contributed by atoms with van der Waals surface area (Å²) in [6.45, 7) is 5.68. The monoisotopic (exact) mass is 148 g/mol. The minimum atomic E-state index is 0.692. The van der Waals surface area contributed by atoms with Crippen molar-refractivity contribution in [2.24, 2.45) is 0 Å². The first-order valence-electron chi connectivity index (χ1n) is 3.42. The van der Waals surface area contributed by atoms with E-state index < -0.39 is 0 Å². The van der Waals surface area contributed by atoms with Crippen LogP contribution in [-0.2, 0) is 0 Å². The molecule has 0 saturated heterocycles. The average Bonchev–Trinajstić information content (AvgIpc) is 1.85. The van der Waals surface area contributed by atoms with Crippen LogP contribution >= 0.6 is 0 Å². The summed E-state index contributed by atoms with van der Waals surface area (Å²) in [6.07, 6.45) is 0. The molecule has 4 N–H and O–H groups in total. The molecule has 0 spiro atoms. The highest BCUT2D eigenvalue weighted by molar-refractivity contribution is 5.81. The molecule has 0 bridgehead atoms. The number of anilines is 2. The van der Waals surface area contributed by atoms with E-state index in [0.29, 0.717) is 11.4 Å². The highest BCUT2D eigenvalue weighted by Crippen LogP contribution is 2.25. The van der Waals surface area contributed by atoms with Gasteiger partial charge in [0.1, 0.15) is 0 Å². The molecule has 0 aliphatic rings. The Kier molecular flexibility index (Phi) is 1.85. The van der Waals surface area contributed by atoms with Crippen molar-refractivity contribution in [3.8, 4) is 0 Å². The Bertz CT molecular complexity index is 269. The van der Waals surface area contributed by atoms with Gasteiger partial charge in [0, 0.05) is 16.9 Å². The third kappa shape index (κ3) is 1.34. The van der Waals surface area contributed by atoms with Crippen LogP contribution in [0.4, 0.5) is 11.4 Å². The number of nitrogens with two attached hydrogens (primary N) is 2. The summed E-state index contributed by atoms with van der Waals surface area (Å²) >= 11 is 0. The van der Waals surface area contributed by atoms with Crippen LogP contribution in [0.15, 0.2) is 24.8 Å². The van der Waals surface area contributed by atoms with Crippen LogP contribution in [0.5, 0.6) is 0 Å². The number of hydrogen-bond acceptors (Lipinski definition) is 2. The number of rotatable bonds is 1. The zero-order chi connectivity index (χ0) is 8.43. The smallest absolute Gasteiger partial charge is 0.0411 e. The minimum Gasteiger partial charge on any atom is -0.398 e. The van der Waals surface area contributed by atoms with Crippen LogP contribution in [0.2, 0.25) is 0 Å². The van der Waals surface area contributed by atoms with Crippen LogP contribution < -0.4 is 11.5 Å². The molecule has 0 fully saturated rings. The second kappa shape index (κ2) is 2.66. The summed E-state index contributed by atoms with van der Waals surface area (Å²) in [5.41, 5.74) is 14.5. The normalized spacial score (nSPS) is 9.55. The molecule has 0 amide bonds. The topological polar surface area (TPSA) is 52.0 Å². The van der Waals surface area contributed by atoms with E-state index in [1.807, 2.05) is 25.1 Å². The predicted octanol–water partition coefficient (Wildman–Crippen LogP) is 1.88. The number of hydrogen-bond donors (Lipinski definition) is 2. The van der Waals surface area contributed by atoms with Crippen molar-refractivity contribution in [2.45, 2.75) is 6.92 Å². The second-order valence-electron chi connectivity index (χ2n) is 2.59. The Balaban J connectivity index is 3.32. The lowest BCUT2D eigenvalue weighted by molar-refractivity contribution is 1.56. The summed E-state index contributed by atoms with van der Waals surface area (Å²) in [5.74, 6) is 0. The van der Waals surface area contributed by atoms with Crippen LogP contribution in [0, 0.1) is 0 Å². The lowest BCUT2D eigenvalue weighted by atomic mass is 10.1. The molecular formula is C9H12N2. The molecule has 2 nitrogen and oxygen atoms in total. The first kappa shape index (κ1) is 7.66. The van der Waals surface area contributed by atoms with E-state index in [-0.39, 0.29) is 0 Å². The Morgan fingerprint density at radius 3 is 2.00 bits per heavy atom. The summed E-state index contributed by atoms with van der Waals surface area (Å²) in [5, 5.41) is 0. The lowest BCUT2D eigenvalue weighted by Crippen LogP contribution is -1.97. The SMILES string of the molecule is C=C(C)c1c(N)cccc1N. The molecule has 0 atom stereocenters. The van der Waals surface area contributed by atoms with Gasteiger partial charge in [-0.3, -0.25) is 0 Å². The maximum Gasteiger partial charge on any atom is 0.0411 e. The van der Waals surface area contributed by atoms with Crippen molar-refractivity contribution in [3.63, 3.8) is 0 Å². The van der Waals surface area contributed by atoms with Crippen LogP contribution in [0.25, 0.3) is 5.57 Å². The molecule has 1 rings (SSSR count). The largest absolute Gasteiger partial charge is 0.398 e. The van der Waals surface area contributed by atoms with Crippen molar-refractivity contribution >= 4 is 16.9 Å². The second-order valence-corrected chi connectivity index (χ2v) is 2.59. The highest BCUT2D eigenvalue weighted by atomic mass is 14.6. The van der Waals surface area contributed by atoms with Crippen LogP contribution in [-0.4, -0.2) is 0 Å². The summed E-state index contributed by atoms with van der Waals surface area (Å²) in [4.78, 5) is 0. The zero-order valence-corrected chi connectivity index (χ0v) is 6.59. The molecule has 0 aliphatic heterocycles. The van der Waals surface area contributed by atoms with Crippen molar-refractivity contribution in [2.75, 3.05) is 11.5 Å². The van der Waals surface area contributed by atoms with Gasteiger partial charge in [0.05, 0.1) is 0 Å². The van der Waals surface area contributed by atoms with Crippen LogP contribution in [0.3, 0.4) is 0 Å². The first-order valence-corrected chi connectivity index (χ1v) is 3.42. The van der Waals surface area contributed by atoms with Gasteiger partial charge in [0.15, 0.2) is 0 Å². The number of allylic oxidation sites excluding steroid dienone is 1. The highest BCUT2D eigenvalue weighted by Gasteiger charge is 2.02. The number of benzene rings is 1. The fourth-order valence-electron chi connectivity index (χ4n) is 1.08. The quantitative estimate of drug-likeness (QED) is 0.597. The summed E-state index contributed by atoms with van der Waals surface area (Å²) in [7, 11) is 0. The van der Waals surface area contributed by atoms with E-state index in [4.69, 9.17) is 11.5 Å². The Labute approximate surface area is 66.5 Å². The van der Waals surface area contributed by atoms with Gasteiger partial charge in [0.2, 0.25) is 0 Å². The van der Waals surface area contributed by atoms with Gasteiger partial charge in [0.25, 0.3) is 0 Å². The van der Waals surface area contributed by atoms with E-state index in [1.165, 1.54) is 0 Å². The van der Waals surface area contributed by atoms with Crippen molar-refractivity contribution < 1.29 is 0 Å². The molecule has 0 radical (unpaired) electrons. The van der Waals surface area contributed by atoms with Gasteiger partial charge in [-0.1, -0.05) is 12.6 Å². The maximum atomic E-state index is 5.68. The zero-order valence-electron chi connectivity index (χ0n) is 6.59. The average molecular weight is 148 g/mol. The fourth-order valence-corrected chi connectivity index (χ4v) is 1.08. The van der Waals surface area contributed by atoms with Gasteiger partial charge in [-0.05, 0) is 24.6 Å². The van der Waals surface area contributed by atoms with E-state index in [2.05, 4.69) is 6.58 Å². The van der Waals surface area contributed by atoms with E-state index in [1.54, 1.807) is 0 Å². The molecule has 0 saturated carbocycles. The van der Waals surface area contributed by atoms with E-state index in [0.717, 1.165) is 11.1 Å². The Morgan fingerprint density at radius 2 is 1.73 bits per heavy atom. The van der Waals surface area contributed by atoms with Crippen molar-refractivity contribution in [1.29, 1.82) is 0 Å². The van der Waals surface area contributed by atoms with Gasteiger partial charge < -0.3 is 11.5 Å². The van der Waals surface area contributed by atoms with Gasteiger partial charge in [-0.25, -0.2) is 0 Å². The molecule has 1 aromatic carbocycles. The fraction of sp³-hybridized carbons (Fsp3) is 0.111. The third-order valence-electron chi connectivity index (χ3n) is 1.56.